The molecule has 0 aromatic heterocycles. The molecule has 0 radical (unpaired) electrons. The van der Waals surface area contributed by atoms with Crippen LogP contribution in [0.5, 0.6) is 0 Å². The standard InChI is InChI=1S/C8H18N2/c1-8(2)4-6-10(3)7-5-9/h4H,5-7,9H2,1-3H3. The number of rotatable bonds is 4. The van der Waals surface area contributed by atoms with Gasteiger partial charge in [-0.05, 0) is 20.9 Å². The topological polar surface area (TPSA) is 29.3 Å². The molecule has 0 spiro atoms. The van der Waals surface area contributed by atoms with Gasteiger partial charge in [0.15, 0.2) is 0 Å². The highest BCUT2D eigenvalue weighted by Crippen LogP contribution is 1.89. The van der Waals surface area contributed by atoms with Gasteiger partial charge in [0, 0.05) is 19.6 Å². The predicted molar refractivity (Wildman–Crippen MR) is 46.0 cm³/mol. The Morgan fingerprint density at radius 2 is 2.10 bits per heavy atom. The zero-order chi connectivity index (χ0) is 7.98. The monoisotopic (exact) mass is 142 g/mol. The lowest BCUT2D eigenvalue weighted by Gasteiger charge is -2.12. The zero-order valence-corrected chi connectivity index (χ0v) is 7.22. The minimum atomic E-state index is 0.743. The fourth-order valence-corrected chi connectivity index (χ4v) is 0.650. The summed E-state index contributed by atoms with van der Waals surface area (Å²) in [6, 6.07) is 0. The molecule has 0 amide bonds. The summed E-state index contributed by atoms with van der Waals surface area (Å²) in [4.78, 5) is 2.20. The lowest BCUT2D eigenvalue weighted by molar-refractivity contribution is 0.380. The third-order valence-corrected chi connectivity index (χ3v) is 1.32. The molecule has 0 heterocycles. The molecular formula is C8H18N2. The third kappa shape index (κ3) is 5.79. The second-order valence-electron chi connectivity index (χ2n) is 2.83. The largest absolute Gasteiger partial charge is 0.329 e. The third-order valence-electron chi connectivity index (χ3n) is 1.32. The summed E-state index contributed by atoms with van der Waals surface area (Å²) in [6.45, 7) is 6.95. The van der Waals surface area contributed by atoms with Crippen molar-refractivity contribution >= 4 is 0 Å². The Hall–Kier alpha value is -0.340. The van der Waals surface area contributed by atoms with E-state index in [1.807, 2.05) is 0 Å². The average Bonchev–Trinajstić information content (AvgIpc) is 1.85. The summed E-state index contributed by atoms with van der Waals surface area (Å²) in [5.74, 6) is 0. The predicted octanol–water partition coefficient (Wildman–Crippen LogP) is 0.843. The van der Waals surface area contributed by atoms with Crippen LogP contribution < -0.4 is 5.73 Å². The van der Waals surface area contributed by atoms with Crippen LogP contribution in [0.15, 0.2) is 11.6 Å². The van der Waals surface area contributed by atoms with E-state index < -0.39 is 0 Å². The molecular weight excluding hydrogens is 124 g/mol. The Kier molecular flexibility index (Phi) is 5.26. The molecule has 2 nitrogen and oxygen atoms in total. The summed E-state index contributed by atoms with van der Waals surface area (Å²) in [7, 11) is 2.08. The van der Waals surface area contributed by atoms with Crippen molar-refractivity contribution in [1.29, 1.82) is 0 Å². The second kappa shape index (κ2) is 5.45. The first-order valence-corrected chi connectivity index (χ1v) is 3.68. The van der Waals surface area contributed by atoms with Crippen molar-refractivity contribution < 1.29 is 0 Å². The Balaban J connectivity index is 3.38. The maximum atomic E-state index is 5.37. The van der Waals surface area contributed by atoms with Crippen LogP contribution in [0.4, 0.5) is 0 Å². The molecule has 0 aliphatic carbocycles. The van der Waals surface area contributed by atoms with E-state index in [1.165, 1.54) is 5.57 Å². The average molecular weight is 142 g/mol. The highest BCUT2D eigenvalue weighted by atomic mass is 15.1. The summed E-state index contributed by atoms with van der Waals surface area (Å²) < 4.78 is 0. The van der Waals surface area contributed by atoms with Crippen LogP contribution in [0.2, 0.25) is 0 Å². The number of likely N-dealkylation sites (N-methyl/N-ethyl adjacent to an activating group) is 1. The van der Waals surface area contributed by atoms with E-state index in [9.17, 15) is 0 Å². The fraction of sp³-hybridized carbons (Fsp3) is 0.750. The second-order valence-corrected chi connectivity index (χ2v) is 2.83. The quantitative estimate of drug-likeness (QED) is 0.589. The van der Waals surface area contributed by atoms with E-state index in [2.05, 4.69) is 31.9 Å². The van der Waals surface area contributed by atoms with Crippen LogP contribution in [-0.2, 0) is 0 Å². The molecule has 60 valence electrons. The van der Waals surface area contributed by atoms with Crippen molar-refractivity contribution in [2.24, 2.45) is 5.73 Å². The summed E-state index contributed by atoms with van der Waals surface area (Å²) in [5.41, 5.74) is 6.74. The Bertz CT molecular complexity index is 104. The Morgan fingerprint density at radius 3 is 2.50 bits per heavy atom. The van der Waals surface area contributed by atoms with Gasteiger partial charge in [0.25, 0.3) is 0 Å². The van der Waals surface area contributed by atoms with Gasteiger partial charge in [-0.25, -0.2) is 0 Å². The van der Waals surface area contributed by atoms with Crippen molar-refractivity contribution in [1.82, 2.24) is 4.90 Å². The van der Waals surface area contributed by atoms with Crippen LogP contribution in [0.3, 0.4) is 0 Å². The van der Waals surface area contributed by atoms with Crippen LogP contribution in [-0.4, -0.2) is 31.6 Å². The van der Waals surface area contributed by atoms with Gasteiger partial charge in [-0.2, -0.15) is 0 Å². The minimum Gasteiger partial charge on any atom is -0.329 e. The Morgan fingerprint density at radius 1 is 1.50 bits per heavy atom. The molecule has 0 aromatic carbocycles. The molecule has 0 atom stereocenters. The first-order valence-electron chi connectivity index (χ1n) is 3.68. The lowest BCUT2D eigenvalue weighted by Crippen LogP contribution is -2.25. The molecule has 0 fully saturated rings. The molecule has 0 aromatic rings. The smallest absolute Gasteiger partial charge is 0.0163 e. The molecule has 10 heavy (non-hydrogen) atoms. The van der Waals surface area contributed by atoms with Crippen molar-refractivity contribution in [3.8, 4) is 0 Å². The normalized spacial score (nSPS) is 10.1. The summed E-state index contributed by atoms with van der Waals surface area (Å²) >= 11 is 0. The van der Waals surface area contributed by atoms with Crippen LogP contribution in [0.25, 0.3) is 0 Å². The van der Waals surface area contributed by atoms with Crippen LogP contribution >= 0.6 is 0 Å². The van der Waals surface area contributed by atoms with Crippen molar-refractivity contribution in [3.05, 3.63) is 11.6 Å². The lowest BCUT2D eigenvalue weighted by atomic mass is 10.3. The van der Waals surface area contributed by atoms with Gasteiger partial charge in [0.2, 0.25) is 0 Å². The van der Waals surface area contributed by atoms with E-state index in [0.29, 0.717) is 0 Å². The van der Waals surface area contributed by atoms with E-state index in [4.69, 9.17) is 5.73 Å². The van der Waals surface area contributed by atoms with Gasteiger partial charge >= 0.3 is 0 Å². The number of allylic oxidation sites excluding steroid dienone is 1. The molecule has 0 aliphatic rings. The highest BCUT2D eigenvalue weighted by Gasteiger charge is 1.90. The van der Waals surface area contributed by atoms with Gasteiger partial charge in [0.05, 0.1) is 0 Å². The van der Waals surface area contributed by atoms with Crippen molar-refractivity contribution in [3.63, 3.8) is 0 Å². The molecule has 0 aliphatic heterocycles. The van der Waals surface area contributed by atoms with Gasteiger partial charge in [-0.3, -0.25) is 0 Å². The van der Waals surface area contributed by atoms with Gasteiger partial charge in [0.1, 0.15) is 0 Å². The molecule has 0 unspecified atom stereocenters. The number of hydrogen-bond donors (Lipinski definition) is 1. The van der Waals surface area contributed by atoms with E-state index in [0.717, 1.165) is 19.6 Å². The highest BCUT2D eigenvalue weighted by molar-refractivity contribution is 4.94. The maximum absolute atomic E-state index is 5.37. The van der Waals surface area contributed by atoms with Crippen LogP contribution in [0.1, 0.15) is 13.8 Å². The van der Waals surface area contributed by atoms with E-state index in [1.54, 1.807) is 0 Å². The molecule has 2 heteroatoms. The summed E-state index contributed by atoms with van der Waals surface area (Å²) in [6.07, 6.45) is 2.20. The van der Waals surface area contributed by atoms with Crippen molar-refractivity contribution in [2.45, 2.75) is 13.8 Å². The van der Waals surface area contributed by atoms with Gasteiger partial charge in [-0.1, -0.05) is 11.6 Å². The van der Waals surface area contributed by atoms with Gasteiger partial charge in [-0.15, -0.1) is 0 Å². The zero-order valence-electron chi connectivity index (χ0n) is 7.22. The first kappa shape index (κ1) is 9.66. The molecule has 0 rings (SSSR count). The molecule has 2 N–H and O–H groups in total. The number of nitrogens with two attached hydrogens (primary N) is 1. The number of nitrogens with zero attached hydrogens (tertiary/aromatic N) is 1. The summed E-state index contributed by atoms with van der Waals surface area (Å²) in [5, 5.41) is 0. The van der Waals surface area contributed by atoms with Crippen LogP contribution in [0, 0.1) is 0 Å². The van der Waals surface area contributed by atoms with E-state index >= 15 is 0 Å². The Labute approximate surface area is 63.7 Å². The molecule has 0 saturated carbocycles. The number of hydrogen-bond acceptors (Lipinski definition) is 2. The first-order chi connectivity index (χ1) is 4.66. The van der Waals surface area contributed by atoms with Gasteiger partial charge < -0.3 is 10.6 Å². The maximum Gasteiger partial charge on any atom is 0.0163 e. The van der Waals surface area contributed by atoms with Crippen molar-refractivity contribution in [2.75, 3.05) is 26.7 Å². The fourth-order valence-electron chi connectivity index (χ4n) is 0.650. The minimum absolute atomic E-state index is 0.743. The van der Waals surface area contributed by atoms with E-state index in [-0.39, 0.29) is 0 Å². The SMILES string of the molecule is CC(C)=CCN(C)CCN. The molecule has 0 bridgehead atoms. The molecule has 0 saturated heterocycles.